The number of halogens is 1. The molecule has 0 heterocycles. The third-order valence-electron chi connectivity index (χ3n) is 4.75. The van der Waals surface area contributed by atoms with Crippen LogP contribution in [0, 0.1) is 0 Å². The maximum absolute atomic E-state index is 6.01. The minimum absolute atomic E-state index is 0.512. The molecular weight excluding hydrogens is 432 g/mol. The lowest BCUT2D eigenvalue weighted by Crippen LogP contribution is -2.34. The number of hydrogen-bond donors (Lipinski definition) is 1. The number of rotatable bonds is 8. The Labute approximate surface area is 193 Å². The highest BCUT2D eigenvalue weighted by Crippen LogP contribution is 2.35. The molecule has 0 aliphatic heterocycles. The highest BCUT2D eigenvalue weighted by atomic mass is 35.5. The maximum atomic E-state index is 6.01. The molecule has 5 nitrogen and oxygen atoms in total. The Kier molecular flexibility index (Phi) is 7.98. The van der Waals surface area contributed by atoms with Crippen molar-refractivity contribution in [2.24, 2.45) is 0 Å². The highest BCUT2D eigenvalue weighted by Gasteiger charge is 2.17. The van der Waals surface area contributed by atoms with E-state index in [9.17, 15) is 0 Å². The fraction of sp³-hybridized carbons (Fsp3) is 0.208. The Hall–Kier alpha value is -2.96. The summed E-state index contributed by atoms with van der Waals surface area (Å²) in [7, 11) is 4.85. The summed E-state index contributed by atoms with van der Waals surface area (Å²) < 4.78 is 16.5. The molecule has 0 atom stereocenters. The predicted molar refractivity (Wildman–Crippen MR) is 129 cm³/mol. The van der Waals surface area contributed by atoms with Gasteiger partial charge in [-0.3, -0.25) is 0 Å². The van der Waals surface area contributed by atoms with Crippen LogP contribution in [0.3, 0.4) is 0 Å². The number of thiocarbonyl (C=S) groups is 1. The van der Waals surface area contributed by atoms with Crippen LogP contribution in [0.5, 0.6) is 17.2 Å². The minimum Gasteiger partial charge on any atom is -0.496 e. The van der Waals surface area contributed by atoms with Crippen molar-refractivity contribution in [2.75, 3.05) is 26.6 Å². The van der Waals surface area contributed by atoms with E-state index in [2.05, 4.69) is 22.3 Å². The SMILES string of the molecule is COc1cc(OC)c(OC)cc1CN(Cc1ccccc1)C(=S)Nc1ccc(Cl)cc1. The van der Waals surface area contributed by atoms with Gasteiger partial charge in [-0.25, -0.2) is 0 Å². The van der Waals surface area contributed by atoms with E-state index in [4.69, 9.17) is 38.0 Å². The number of anilines is 1. The van der Waals surface area contributed by atoms with E-state index in [0.29, 0.717) is 40.5 Å². The highest BCUT2D eigenvalue weighted by molar-refractivity contribution is 7.80. The molecule has 7 heteroatoms. The molecule has 0 saturated heterocycles. The first-order chi connectivity index (χ1) is 15.0. The molecule has 3 aromatic carbocycles. The first-order valence-electron chi connectivity index (χ1n) is 9.68. The fourth-order valence-electron chi connectivity index (χ4n) is 3.16. The predicted octanol–water partition coefficient (Wildman–Crippen LogP) is 5.77. The van der Waals surface area contributed by atoms with Crippen LogP contribution in [0.15, 0.2) is 66.7 Å². The lowest BCUT2D eigenvalue weighted by atomic mass is 10.1. The second-order valence-corrected chi connectivity index (χ2v) is 7.62. The largest absolute Gasteiger partial charge is 0.496 e. The summed E-state index contributed by atoms with van der Waals surface area (Å²) in [5.74, 6) is 1.94. The van der Waals surface area contributed by atoms with E-state index in [-0.39, 0.29) is 0 Å². The number of hydrogen-bond acceptors (Lipinski definition) is 4. The van der Waals surface area contributed by atoms with Crippen LogP contribution >= 0.6 is 23.8 Å². The number of nitrogens with zero attached hydrogens (tertiary/aromatic N) is 1. The second-order valence-electron chi connectivity index (χ2n) is 6.80. The maximum Gasteiger partial charge on any atom is 0.174 e. The molecule has 1 N–H and O–H groups in total. The van der Waals surface area contributed by atoms with E-state index in [1.54, 1.807) is 21.3 Å². The average molecular weight is 457 g/mol. The Bertz CT molecular complexity index is 1010. The summed E-state index contributed by atoms with van der Waals surface area (Å²) in [5.41, 5.74) is 2.94. The topological polar surface area (TPSA) is 43.0 Å². The van der Waals surface area contributed by atoms with Crippen molar-refractivity contribution < 1.29 is 14.2 Å². The quantitative estimate of drug-likeness (QED) is 0.434. The number of methoxy groups -OCH3 is 3. The summed E-state index contributed by atoms with van der Waals surface area (Å²) in [6.45, 7) is 1.13. The van der Waals surface area contributed by atoms with Crippen LogP contribution in [-0.2, 0) is 13.1 Å². The van der Waals surface area contributed by atoms with Crippen LogP contribution in [0.2, 0.25) is 5.02 Å². The van der Waals surface area contributed by atoms with Gasteiger partial charge in [0.1, 0.15) is 5.75 Å². The van der Waals surface area contributed by atoms with Gasteiger partial charge in [0.25, 0.3) is 0 Å². The summed E-state index contributed by atoms with van der Waals surface area (Å²) in [6.07, 6.45) is 0. The van der Waals surface area contributed by atoms with Gasteiger partial charge >= 0.3 is 0 Å². The van der Waals surface area contributed by atoms with E-state index >= 15 is 0 Å². The molecular formula is C24H25ClN2O3S. The number of benzene rings is 3. The molecule has 0 amide bonds. The molecule has 0 saturated carbocycles. The van der Waals surface area contributed by atoms with E-state index in [1.165, 1.54) is 0 Å². The van der Waals surface area contributed by atoms with Gasteiger partial charge in [0.2, 0.25) is 0 Å². The van der Waals surface area contributed by atoms with Crippen LogP contribution < -0.4 is 19.5 Å². The molecule has 0 spiro atoms. The normalized spacial score (nSPS) is 10.3. The van der Waals surface area contributed by atoms with Gasteiger partial charge < -0.3 is 24.4 Å². The Morgan fingerprint density at radius 1 is 0.839 bits per heavy atom. The zero-order valence-electron chi connectivity index (χ0n) is 17.7. The summed E-state index contributed by atoms with van der Waals surface area (Å²) in [5, 5.41) is 4.56. The monoisotopic (exact) mass is 456 g/mol. The molecule has 3 aromatic rings. The third-order valence-corrected chi connectivity index (χ3v) is 5.36. The second kappa shape index (κ2) is 10.9. The van der Waals surface area contributed by atoms with Gasteiger partial charge in [-0.1, -0.05) is 41.9 Å². The fourth-order valence-corrected chi connectivity index (χ4v) is 3.53. The summed E-state index contributed by atoms with van der Waals surface area (Å²) >= 11 is 11.8. The number of nitrogens with one attached hydrogen (secondary N) is 1. The third kappa shape index (κ3) is 6.03. The molecule has 0 aliphatic rings. The Morgan fingerprint density at radius 2 is 1.45 bits per heavy atom. The van der Waals surface area contributed by atoms with Crippen LogP contribution in [0.25, 0.3) is 0 Å². The van der Waals surface area contributed by atoms with Gasteiger partial charge in [0.15, 0.2) is 16.6 Å². The van der Waals surface area contributed by atoms with Crippen molar-refractivity contribution in [1.29, 1.82) is 0 Å². The molecule has 0 fully saturated rings. The van der Waals surface area contributed by atoms with Crippen molar-refractivity contribution in [3.8, 4) is 17.2 Å². The molecule has 0 bridgehead atoms. The zero-order chi connectivity index (χ0) is 22.2. The van der Waals surface area contributed by atoms with E-state index in [1.807, 2.05) is 54.6 Å². The van der Waals surface area contributed by atoms with Crippen molar-refractivity contribution in [3.63, 3.8) is 0 Å². The molecule has 162 valence electrons. The summed E-state index contributed by atoms with van der Waals surface area (Å²) in [4.78, 5) is 2.07. The number of ether oxygens (including phenoxy) is 3. The van der Waals surface area contributed by atoms with Crippen molar-refractivity contribution in [1.82, 2.24) is 4.90 Å². The average Bonchev–Trinajstić information content (AvgIpc) is 2.80. The van der Waals surface area contributed by atoms with Gasteiger partial charge in [-0.05, 0) is 48.1 Å². The van der Waals surface area contributed by atoms with Gasteiger partial charge in [0.05, 0.1) is 21.3 Å². The van der Waals surface area contributed by atoms with Gasteiger partial charge in [-0.2, -0.15) is 0 Å². The van der Waals surface area contributed by atoms with Gasteiger partial charge in [0, 0.05) is 35.4 Å². The Morgan fingerprint density at radius 3 is 2.06 bits per heavy atom. The molecule has 0 radical (unpaired) electrons. The lowest BCUT2D eigenvalue weighted by Gasteiger charge is -2.27. The van der Waals surface area contributed by atoms with Crippen molar-refractivity contribution >= 4 is 34.6 Å². The van der Waals surface area contributed by atoms with Crippen molar-refractivity contribution in [2.45, 2.75) is 13.1 Å². The summed E-state index contributed by atoms with van der Waals surface area (Å²) in [6, 6.07) is 21.4. The minimum atomic E-state index is 0.512. The van der Waals surface area contributed by atoms with E-state index < -0.39 is 0 Å². The molecule has 0 aliphatic carbocycles. The molecule has 0 aromatic heterocycles. The molecule has 31 heavy (non-hydrogen) atoms. The van der Waals surface area contributed by atoms with E-state index in [0.717, 1.165) is 16.8 Å². The first kappa shape index (κ1) is 22.7. The van der Waals surface area contributed by atoms with Crippen LogP contribution in [0.1, 0.15) is 11.1 Å². The molecule has 3 rings (SSSR count). The standard InChI is InChI=1S/C24H25ClN2O3S/c1-28-21-14-23(30-3)22(29-2)13-18(21)16-27(15-17-7-5-4-6-8-17)24(31)26-20-11-9-19(25)10-12-20/h4-14H,15-16H2,1-3H3,(H,26,31). The molecule has 0 unspecified atom stereocenters. The Balaban J connectivity index is 1.90. The van der Waals surface area contributed by atoms with Crippen molar-refractivity contribution in [3.05, 3.63) is 82.9 Å². The zero-order valence-corrected chi connectivity index (χ0v) is 19.3. The first-order valence-corrected chi connectivity index (χ1v) is 10.5. The smallest absolute Gasteiger partial charge is 0.174 e. The van der Waals surface area contributed by atoms with Crippen LogP contribution in [-0.4, -0.2) is 31.3 Å². The lowest BCUT2D eigenvalue weighted by molar-refractivity contribution is 0.342. The van der Waals surface area contributed by atoms with Crippen LogP contribution in [0.4, 0.5) is 5.69 Å². The van der Waals surface area contributed by atoms with Gasteiger partial charge in [-0.15, -0.1) is 0 Å².